The fourth-order valence-electron chi connectivity index (χ4n) is 0.168. The first-order valence-electron chi connectivity index (χ1n) is 2.03. The van der Waals surface area contributed by atoms with Crippen molar-refractivity contribution in [3.8, 4) is 0 Å². The Kier molecular flexibility index (Phi) is 2.98. The average molecular weight is 200 g/mol. The molecule has 0 rings (SSSR count). The van der Waals surface area contributed by atoms with Gasteiger partial charge in [-0.2, -0.15) is 22.0 Å². The molecule has 3 nitrogen and oxygen atoms in total. The van der Waals surface area contributed by atoms with Gasteiger partial charge in [-0.1, -0.05) is 0 Å². The molecular formula is C2H2F5O3P. The second-order valence-electron chi connectivity index (χ2n) is 1.38. The second-order valence-corrected chi connectivity index (χ2v) is 2.12. The van der Waals surface area contributed by atoms with E-state index in [0.717, 1.165) is 0 Å². The molecule has 0 amide bonds. The molecule has 0 fully saturated rings. The van der Waals surface area contributed by atoms with Gasteiger partial charge >= 0.3 is 20.5 Å². The van der Waals surface area contributed by atoms with Gasteiger partial charge in [-0.25, -0.2) is 4.52 Å². The topological polar surface area (TPSA) is 46.5 Å². The molecule has 0 aromatic heterocycles. The molecule has 0 aliphatic rings. The normalized spacial score (nSPS) is 16.5. The number of hydrogen-bond acceptors (Lipinski definition) is 2. The highest BCUT2D eigenvalue weighted by Gasteiger charge is 2.60. The third-order valence-electron chi connectivity index (χ3n) is 0.546. The van der Waals surface area contributed by atoms with Crippen LogP contribution in [0.4, 0.5) is 22.0 Å². The Morgan fingerprint density at radius 3 is 1.64 bits per heavy atom. The molecule has 0 bridgehead atoms. The van der Waals surface area contributed by atoms with E-state index in [4.69, 9.17) is 4.89 Å². The Bertz CT molecular complexity index is 164. The van der Waals surface area contributed by atoms with E-state index in [9.17, 15) is 26.5 Å². The zero-order valence-corrected chi connectivity index (χ0v) is 5.65. The number of halogens is 5. The quantitative estimate of drug-likeness (QED) is 0.543. The van der Waals surface area contributed by atoms with E-state index in [2.05, 4.69) is 4.52 Å². The summed E-state index contributed by atoms with van der Waals surface area (Å²) >= 11 is 0. The van der Waals surface area contributed by atoms with Gasteiger partial charge in [-0.05, 0) is 0 Å². The first-order chi connectivity index (χ1) is 4.67. The average Bonchev–Trinajstić information content (AvgIpc) is 1.56. The summed E-state index contributed by atoms with van der Waals surface area (Å²) in [6, 6.07) is 0. The molecule has 1 unspecified atom stereocenters. The van der Waals surface area contributed by atoms with Crippen LogP contribution in [0.1, 0.15) is 0 Å². The van der Waals surface area contributed by atoms with Gasteiger partial charge in [0.05, 0.1) is 0 Å². The summed E-state index contributed by atoms with van der Waals surface area (Å²) in [6.45, 7) is 0. The molecule has 0 saturated carbocycles. The van der Waals surface area contributed by atoms with E-state index in [1.165, 1.54) is 0 Å². The lowest BCUT2D eigenvalue weighted by atomic mass is 10.6. The monoisotopic (exact) mass is 200 g/mol. The summed E-state index contributed by atoms with van der Waals surface area (Å²) in [6.07, 6.45) is -11.5. The molecule has 68 valence electrons. The van der Waals surface area contributed by atoms with Gasteiger partial charge in [0.25, 0.3) is 0 Å². The minimum absolute atomic E-state index is 2.45. The molecule has 0 aromatic carbocycles. The van der Waals surface area contributed by atoms with E-state index in [1.807, 2.05) is 0 Å². The van der Waals surface area contributed by atoms with Gasteiger partial charge in [0.2, 0.25) is 0 Å². The van der Waals surface area contributed by atoms with Crippen molar-refractivity contribution in [3.05, 3.63) is 0 Å². The summed E-state index contributed by atoms with van der Waals surface area (Å²) in [5.74, 6) is 0. The van der Waals surface area contributed by atoms with Crippen LogP contribution in [0.2, 0.25) is 0 Å². The fourth-order valence-corrected chi connectivity index (χ4v) is 0.503. The van der Waals surface area contributed by atoms with Crippen molar-refractivity contribution >= 4 is 8.25 Å². The largest absolute Gasteiger partial charge is 0.483 e. The Hall–Kier alpha value is -0.200. The van der Waals surface area contributed by atoms with Crippen LogP contribution >= 0.6 is 8.25 Å². The van der Waals surface area contributed by atoms with Crippen LogP contribution in [0.5, 0.6) is 0 Å². The molecule has 0 aliphatic carbocycles. The van der Waals surface area contributed by atoms with E-state index >= 15 is 0 Å². The van der Waals surface area contributed by atoms with Crippen LogP contribution in [0.25, 0.3) is 0 Å². The van der Waals surface area contributed by atoms with Crippen LogP contribution in [-0.4, -0.2) is 17.2 Å². The standard InChI is InChI=1S/C2H2F5O3P/c3-1(4,5)2(6,7)10-11(8)9/h11H,(H,8,9). The Labute approximate surface area is 57.7 Å². The molecule has 0 saturated heterocycles. The molecule has 11 heavy (non-hydrogen) atoms. The predicted octanol–water partition coefficient (Wildman–Crippen LogP) is 1.54. The Morgan fingerprint density at radius 2 is 1.55 bits per heavy atom. The van der Waals surface area contributed by atoms with Crippen molar-refractivity contribution in [1.29, 1.82) is 0 Å². The lowest BCUT2D eigenvalue weighted by molar-refractivity contribution is -0.361. The van der Waals surface area contributed by atoms with Crippen LogP contribution in [0.3, 0.4) is 0 Å². The van der Waals surface area contributed by atoms with Gasteiger partial charge < -0.3 is 4.89 Å². The van der Waals surface area contributed by atoms with Gasteiger partial charge in [-0.15, -0.1) is 0 Å². The molecule has 0 radical (unpaired) electrons. The van der Waals surface area contributed by atoms with Crippen LogP contribution in [0.15, 0.2) is 0 Å². The van der Waals surface area contributed by atoms with Crippen LogP contribution in [0, 0.1) is 0 Å². The number of alkyl halides is 5. The second kappa shape index (κ2) is 3.04. The molecule has 0 spiro atoms. The van der Waals surface area contributed by atoms with Crippen molar-refractivity contribution < 1.29 is 35.9 Å². The first kappa shape index (κ1) is 10.8. The van der Waals surface area contributed by atoms with E-state index in [-0.39, 0.29) is 0 Å². The van der Waals surface area contributed by atoms with Crippen molar-refractivity contribution in [2.45, 2.75) is 12.3 Å². The van der Waals surface area contributed by atoms with Gasteiger partial charge in [0.1, 0.15) is 0 Å². The molecule has 0 heterocycles. The van der Waals surface area contributed by atoms with Crippen LogP contribution in [-0.2, 0) is 9.09 Å². The maximum absolute atomic E-state index is 11.5. The zero-order chi connectivity index (χ0) is 9.28. The summed E-state index contributed by atoms with van der Waals surface area (Å²) in [5, 5.41) is 0. The molecular weight excluding hydrogens is 198 g/mol. The lowest BCUT2D eigenvalue weighted by Gasteiger charge is -2.16. The van der Waals surface area contributed by atoms with E-state index < -0.39 is 20.5 Å². The number of hydrogen-bond donors (Lipinski definition) is 1. The third kappa shape index (κ3) is 3.13. The van der Waals surface area contributed by atoms with Gasteiger partial charge in [0.15, 0.2) is 0 Å². The van der Waals surface area contributed by atoms with E-state index in [1.54, 1.807) is 0 Å². The molecule has 1 atom stereocenters. The fraction of sp³-hybridized carbons (Fsp3) is 1.00. The van der Waals surface area contributed by atoms with Crippen molar-refractivity contribution in [2.75, 3.05) is 0 Å². The lowest BCUT2D eigenvalue weighted by Crippen LogP contribution is -2.37. The minimum Gasteiger partial charge on any atom is -0.326 e. The molecule has 0 aromatic rings. The summed E-state index contributed by atoms with van der Waals surface area (Å²) in [7, 11) is -4.29. The summed E-state index contributed by atoms with van der Waals surface area (Å²) < 4.78 is 68.1. The molecule has 0 aliphatic heterocycles. The predicted molar refractivity (Wildman–Crippen MR) is 23.3 cm³/mol. The van der Waals surface area contributed by atoms with Crippen LogP contribution < -0.4 is 0 Å². The van der Waals surface area contributed by atoms with Crippen molar-refractivity contribution in [2.24, 2.45) is 0 Å². The van der Waals surface area contributed by atoms with Gasteiger partial charge in [0, 0.05) is 0 Å². The third-order valence-corrected chi connectivity index (χ3v) is 0.976. The molecule has 1 N–H and O–H groups in total. The number of rotatable bonds is 2. The Balaban J connectivity index is 4.34. The first-order valence-corrected chi connectivity index (χ1v) is 3.29. The summed E-state index contributed by atoms with van der Waals surface area (Å²) in [5.41, 5.74) is 0. The van der Waals surface area contributed by atoms with Crippen molar-refractivity contribution in [1.82, 2.24) is 0 Å². The van der Waals surface area contributed by atoms with Crippen molar-refractivity contribution in [3.63, 3.8) is 0 Å². The molecule has 9 heteroatoms. The SMILES string of the molecule is O=[PH](O)OC(F)(F)C(F)(F)F. The summed E-state index contributed by atoms with van der Waals surface area (Å²) in [4.78, 5) is 7.60. The Morgan fingerprint density at radius 1 is 1.18 bits per heavy atom. The minimum atomic E-state index is -5.96. The van der Waals surface area contributed by atoms with Gasteiger partial charge in [-0.3, -0.25) is 4.57 Å². The highest BCUT2D eigenvalue weighted by molar-refractivity contribution is 7.32. The highest BCUT2D eigenvalue weighted by Crippen LogP contribution is 2.41. The maximum atomic E-state index is 11.5. The highest BCUT2D eigenvalue weighted by atomic mass is 31.1. The maximum Gasteiger partial charge on any atom is 0.483 e. The smallest absolute Gasteiger partial charge is 0.326 e. The van der Waals surface area contributed by atoms with E-state index in [0.29, 0.717) is 0 Å². The zero-order valence-electron chi connectivity index (χ0n) is 4.65.